The molecule has 1 aromatic carbocycles. The SMILES string of the molecule is Cc1ccoc1-c1ccc(Cl)cc1. The molecule has 0 spiro atoms. The lowest BCUT2D eigenvalue weighted by atomic mass is 10.1. The van der Waals surface area contributed by atoms with Crippen LogP contribution < -0.4 is 0 Å². The summed E-state index contributed by atoms with van der Waals surface area (Å²) < 4.78 is 5.35. The normalized spacial score (nSPS) is 10.3. The average molecular weight is 193 g/mol. The first kappa shape index (κ1) is 8.39. The van der Waals surface area contributed by atoms with Crippen LogP contribution in [0.1, 0.15) is 5.56 Å². The van der Waals surface area contributed by atoms with E-state index < -0.39 is 0 Å². The molecule has 0 aliphatic rings. The highest BCUT2D eigenvalue weighted by atomic mass is 35.5. The molecule has 0 fully saturated rings. The Morgan fingerprint density at radius 3 is 2.31 bits per heavy atom. The Labute approximate surface area is 82.0 Å². The molecule has 0 saturated carbocycles. The molecule has 2 aromatic rings. The van der Waals surface area contributed by atoms with Crippen molar-refractivity contribution >= 4 is 11.6 Å². The van der Waals surface area contributed by atoms with Gasteiger partial charge in [-0.1, -0.05) is 11.6 Å². The maximum Gasteiger partial charge on any atom is 0.136 e. The Kier molecular flexibility index (Phi) is 2.11. The number of hydrogen-bond acceptors (Lipinski definition) is 1. The molecule has 0 aliphatic carbocycles. The van der Waals surface area contributed by atoms with Gasteiger partial charge in [-0.05, 0) is 42.8 Å². The van der Waals surface area contributed by atoms with Crippen LogP contribution in [0.2, 0.25) is 5.02 Å². The van der Waals surface area contributed by atoms with Crippen molar-refractivity contribution in [2.24, 2.45) is 0 Å². The molecule has 13 heavy (non-hydrogen) atoms. The molecule has 2 heteroatoms. The zero-order valence-electron chi connectivity index (χ0n) is 7.25. The topological polar surface area (TPSA) is 13.1 Å². The quantitative estimate of drug-likeness (QED) is 0.668. The Morgan fingerprint density at radius 1 is 1.08 bits per heavy atom. The lowest BCUT2D eigenvalue weighted by Crippen LogP contribution is -1.75. The fourth-order valence-corrected chi connectivity index (χ4v) is 1.40. The van der Waals surface area contributed by atoms with Crippen LogP contribution in [0.3, 0.4) is 0 Å². The van der Waals surface area contributed by atoms with Crippen LogP contribution in [-0.2, 0) is 0 Å². The largest absolute Gasteiger partial charge is 0.464 e. The smallest absolute Gasteiger partial charge is 0.136 e. The summed E-state index contributed by atoms with van der Waals surface area (Å²) in [5, 5.41) is 0.743. The van der Waals surface area contributed by atoms with Crippen LogP contribution in [0, 0.1) is 6.92 Å². The van der Waals surface area contributed by atoms with Crippen LogP contribution in [0.15, 0.2) is 41.0 Å². The third kappa shape index (κ3) is 1.61. The molecule has 0 unspecified atom stereocenters. The fourth-order valence-electron chi connectivity index (χ4n) is 1.27. The Bertz CT molecular complexity index is 400. The minimum atomic E-state index is 0.743. The van der Waals surface area contributed by atoms with Crippen molar-refractivity contribution in [3.8, 4) is 11.3 Å². The third-order valence-corrected chi connectivity index (χ3v) is 2.22. The zero-order valence-corrected chi connectivity index (χ0v) is 8.01. The summed E-state index contributed by atoms with van der Waals surface area (Å²) in [6.45, 7) is 2.02. The van der Waals surface area contributed by atoms with E-state index in [1.807, 2.05) is 37.3 Å². The molecule has 1 nitrogen and oxygen atoms in total. The van der Waals surface area contributed by atoms with Crippen LogP contribution in [0.4, 0.5) is 0 Å². The zero-order chi connectivity index (χ0) is 9.26. The molecule has 0 radical (unpaired) electrons. The minimum absolute atomic E-state index is 0.743. The van der Waals surface area contributed by atoms with Gasteiger partial charge < -0.3 is 4.42 Å². The molecule has 2 rings (SSSR count). The third-order valence-electron chi connectivity index (χ3n) is 1.97. The number of furan rings is 1. The Hall–Kier alpha value is -1.21. The number of benzene rings is 1. The van der Waals surface area contributed by atoms with E-state index in [4.69, 9.17) is 16.0 Å². The van der Waals surface area contributed by atoms with Crippen LogP contribution in [0.5, 0.6) is 0 Å². The van der Waals surface area contributed by atoms with Crippen LogP contribution in [0.25, 0.3) is 11.3 Å². The van der Waals surface area contributed by atoms with Crippen molar-refractivity contribution in [2.45, 2.75) is 6.92 Å². The van der Waals surface area contributed by atoms with Gasteiger partial charge in [0.1, 0.15) is 5.76 Å². The molecule has 0 bridgehead atoms. The molecule has 1 aromatic heterocycles. The molecule has 66 valence electrons. The van der Waals surface area contributed by atoms with E-state index in [1.54, 1.807) is 6.26 Å². The van der Waals surface area contributed by atoms with Crippen molar-refractivity contribution < 1.29 is 4.42 Å². The lowest BCUT2D eigenvalue weighted by molar-refractivity contribution is 0.581. The molecule has 0 aliphatic heterocycles. The lowest BCUT2D eigenvalue weighted by Gasteiger charge is -1.98. The van der Waals surface area contributed by atoms with Gasteiger partial charge in [0.15, 0.2) is 0 Å². The van der Waals surface area contributed by atoms with E-state index >= 15 is 0 Å². The molecular weight excluding hydrogens is 184 g/mol. The van der Waals surface area contributed by atoms with E-state index in [0.717, 1.165) is 21.9 Å². The predicted molar refractivity (Wildman–Crippen MR) is 53.9 cm³/mol. The number of halogens is 1. The summed E-state index contributed by atoms with van der Waals surface area (Å²) in [4.78, 5) is 0. The summed E-state index contributed by atoms with van der Waals surface area (Å²) in [6, 6.07) is 9.57. The summed E-state index contributed by atoms with van der Waals surface area (Å²) in [7, 11) is 0. The van der Waals surface area contributed by atoms with Crippen molar-refractivity contribution in [3.05, 3.63) is 47.2 Å². The van der Waals surface area contributed by atoms with E-state index in [1.165, 1.54) is 0 Å². The molecule has 0 saturated heterocycles. The summed E-state index contributed by atoms with van der Waals surface area (Å²) >= 11 is 5.78. The number of hydrogen-bond donors (Lipinski definition) is 0. The van der Waals surface area contributed by atoms with E-state index in [-0.39, 0.29) is 0 Å². The van der Waals surface area contributed by atoms with Crippen LogP contribution in [-0.4, -0.2) is 0 Å². The minimum Gasteiger partial charge on any atom is -0.464 e. The van der Waals surface area contributed by atoms with Gasteiger partial charge in [-0.3, -0.25) is 0 Å². The molecule has 1 heterocycles. The summed E-state index contributed by atoms with van der Waals surface area (Å²) in [6.07, 6.45) is 1.69. The average Bonchev–Trinajstić information content (AvgIpc) is 2.53. The van der Waals surface area contributed by atoms with Gasteiger partial charge in [0.2, 0.25) is 0 Å². The highest BCUT2D eigenvalue weighted by Crippen LogP contribution is 2.25. The first-order valence-corrected chi connectivity index (χ1v) is 4.45. The first-order valence-electron chi connectivity index (χ1n) is 4.07. The van der Waals surface area contributed by atoms with Gasteiger partial charge in [0.25, 0.3) is 0 Å². The number of rotatable bonds is 1. The first-order chi connectivity index (χ1) is 6.27. The van der Waals surface area contributed by atoms with Crippen molar-refractivity contribution in [1.82, 2.24) is 0 Å². The Morgan fingerprint density at radius 2 is 1.77 bits per heavy atom. The van der Waals surface area contributed by atoms with Gasteiger partial charge in [0.05, 0.1) is 6.26 Å². The highest BCUT2D eigenvalue weighted by molar-refractivity contribution is 6.30. The Balaban J connectivity index is 2.47. The van der Waals surface area contributed by atoms with Gasteiger partial charge >= 0.3 is 0 Å². The van der Waals surface area contributed by atoms with Gasteiger partial charge in [0, 0.05) is 10.6 Å². The maximum absolute atomic E-state index is 5.78. The van der Waals surface area contributed by atoms with Crippen LogP contribution >= 0.6 is 11.6 Å². The van der Waals surface area contributed by atoms with Gasteiger partial charge in [-0.15, -0.1) is 0 Å². The second-order valence-electron chi connectivity index (χ2n) is 2.94. The van der Waals surface area contributed by atoms with Gasteiger partial charge in [-0.2, -0.15) is 0 Å². The summed E-state index contributed by atoms with van der Waals surface area (Å²) in [5.41, 5.74) is 2.20. The van der Waals surface area contributed by atoms with Crippen molar-refractivity contribution in [1.29, 1.82) is 0 Å². The van der Waals surface area contributed by atoms with E-state index in [9.17, 15) is 0 Å². The predicted octanol–water partition coefficient (Wildman–Crippen LogP) is 3.91. The second kappa shape index (κ2) is 3.27. The van der Waals surface area contributed by atoms with Crippen molar-refractivity contribution in [2.75, 3.05) is 0 Å². The molecule has 0 N–H and O–H groups in total. The highest BCUT2D eigenvalue weighted by Gasteiger charge is 2.03. The number of aryl methyl sites for hydroxylation is 1. The molecular formula is C11H9ClO. The van der Waals surface area contributed by atoms with Gasteiger partial charge in [-0.25, -0.2) is 0 Å². The van der Waals surface area contributed by atoms with Crippen molar-refractivity contribution in [3.63, 3.8) is 0 Å². The maximum atomic E-state index is 5.78. The molecule has 0 amide bonds. The standard InChI is InChI=1S/C11H9ClO/c1-8-6-7-13-11(8)9-2-4-10(12)5-3-9/h2-7H,1H3. The summed E-state index contributed by atoms with van der Waals surface area (Å²) in [5.74, 6) is 0.914. The molecule has 0 atom stereocenters. The fraction of sp³-hybridized carbons (Fsp3) is 0.0909. The van der Waals surface area contributed by atoms with E-state index in [0.29, 0.717) is 0 Å². The monoisotopic (exact) mass is 192 g/mol. The second-order valence-corrected chi connectivity index (χ2v) is 3.38. The van der Waals surface area contributed by atoms with E-state index in [2.05, 4.69) is 0 Å².